The van der Waals surface area contributed by atoms with Crippen molar-refractivity contribution in [2.75, 3.05) is 19.9 Å². The molecule has 0 fully saturated rings. The predicted molar refractivity (Wildman–Crippen MR) is 77.4 cm³/mol. The number of nitrogens with one attached hydrogen (secondary N) is 1. The van der Waals surface area contributed by atoms with Gasteiger partial charge in [0.25, 0.3) is 11.6 Å². The van der Waals surface area contributed by atoms with Crippen molar-refractivity contribution in [1.29, 1.82) is 0 Å². The van der Waals surface area contributed by atoms with Crippen molar-refractivity contribution in [1.82, 2.24) is 5.32 Å². The number of carbonyl (C=O) groups excluding carboxylic acids is 2. The molecule has 2 rings (SSSR count). The molecule has 23 heavy (non-hydrogen) atoms. The Morgan fingerprint density at radius 3 is 2.70 bits per heavy atom. The first-order chi connectivity index (χ1) is 11.0. The molecule has 1 aliphatic rings. The number of carbonyl (C=O) groups is 2. The molecular formula is C14H16N2O7. The van der Waals surface area contributed by atoms with E-state index in [-0.39, 0.29) is 23.9 Å². The van der Waals surface area contributed by atoms with Gasteiger partial charge in [-0.3, -0.25) is 14.9 Å². The Morgan fingerprint density at radius 1 is 1.35 bits per heavy atom. The molecule has 1 aromatic carbocycles. The minimum Gasteiger partial charge on any atom is -0.454 e. The molecule has 9 nitrogen and oxygen atoms in total. The summed E-state index contributed by atoms with van der Waals surface area (Å²) in [6.45, 7) is 1.88. The first kappa shape index (κ1) is 16.5. The Bertz CT molecular complexity index is 630. The SMILES string of the molecule is CCCCNC(=O)COC(=O)c1cc2c(cc1[N+](=O)[O-])OCO2. The van der Waals surface area contributed by atoms with Crippen molar-refractivity contribution < 1.29 is 28.7 Å². The molecule has 0 spiro atoms. The summed E-state index contributed by atoms with van der Waals surface area (Å²) in [5.74, 6) is -1.03. The van der Waals surface area contributed by atoms with Crippen LogP contribution in [-0.2, 0) is 9.53 Å². The smallest absolute Gasteiger partial charge is 0.345 e. The minimum absolute atomic E-state index is 0.0785. The summed E-state index contributed by atoms with van der Waals surface area (Å²) in [5, 5.41) is 13.6. The Balaban J connectivity index is 2.04. The second-order valence-corrected chi connectivity index (χ2v) is 4.76. The van der Waals surface area contributed by atoms with Gasteiger partial charge in [0, 0.05) is 12.6 Å². The lowest BCUT2D eigenvalue weighted by Gasteiger charge is -2.07. The summed E-state index contributed by atoms with van der Waals surface area (Å²) in [6, 6.07) is 2.28. The average Bonchev–Trinajstić information content (AvgIpc) is 2.99. The fraction of sp³-hybridized carbons (Fsp3) is 0.429. The highest BCUT2D eigenvalue weighted by molar-refractivity contribution is 5.96. The maximum Gasteiger partial charge on any atom is 0.345 e. The molecule has 0 radical (unpaired) electrons. The number of hydrogen-bond acceptors (Lipinski definition) is 7. The van der Waals surface area contributed by atoms with E-state index in [4.69, 9.17) is 14.2 Å². The van der Waals surface area contributed by atoms with Gasteiger partial charge in [-0.1, -0.05) is 13.3 Å². The van der Waals surface area contributed by atoms with Crippen molar-refractivity contribution in [3.63, 3.8) is 0 Å². The number of benzene rings is 1. The van der Waals surface area contributed by atoms with Gasteiger partial charge >= 0.3 is 5.97 Å². The first-order valence-electron chi connectivity index (χ1n) is 7.04. The third-order valence-electron chi connectivity index (χ3n) is 3.09. The van der Waals surface area contributed by atoms with Crippen molar-refractivity contribution in [2.45, 2.75) is 19.8 Å². The first-order valence-corrected chi connectivity index (χ1v) is 7.04. The van der Waals surface area contributed by atoms with E-state index >= 15 is 0 Å². The van der Waals surface area contributed by atoms with Gasteiger partial charge in [-0.2, -0.15) is 0 Å². The van der Waals surface area contributed by atoms with Crippen LogP contribution < -0.4 is 14.8 Å². The molecule has 0 unspecified atom stereocenters. The molecule has 0 saturated carbocycles. The molecule has 1 heterocycles. The van der Waals surface area contributed by atoms with Gasteiger partial charge < -0.3 is 19.5 Å². The highest BCUT2D eigenvalue weighted by Gasteiger charge is 2.28. The van der Waals surface area contributed by atoms with E-state index in [1.54, 1.807) is 0 Å². The van der Waals surface area contributed by atoms with E-state index in [1.807, 2.05) is 6.92 Å². The van der Waals surface area contributed by atoms with E-state index in [0.717, 1.165) is 18.9 Å². The number of unbranched alkanes of at least 4 members (excludes halogenated alkanes) is 1. The van der Waals surface area contributed by atoms with Gasteiger partial charge in [0.05, 0.1) is 11.0 Å². The summed E-state index contributed by atoms with van der Waals surface area (Å²) in [6.07, 6.45) is 1.73. The summed E-state index contributed by atoms with van der Waals surface area (Å²) in [7, 11) is 0. The van der Waals surface area contributed by atoms with Gasteiger partial charge in [-0.15, -0.1) is 0 Å². The predicted octanol–water partition coefficient (Wildman–Crippen LogP) is 1.40. The molecule has 1 amide bonds. The highest BCUT2D eigenvalue weighted by atomic mass is 16.7. The van der Waals surface area contributed by atoms with Gasteiger partial charge in [-0.05, 0) is 6.42 Å². The van der Waals surface area contributed by atoms with Crippen LogP contribution in [0, 0.1) is 10.1 Å². The Labute approximate surface area is 131 Å². The molecule has 9 heteroatoms. The van der Waals surface area contributed by atoms with Crippen LogP contribution in [0.4, 0.5) is 5.69 Å². The normalized spacial score (nSPS) is 11.9. The number of esters is 1. The van der Waals surface area contributed by atoms with Gasteiger partial charge in [0.15, 0.2) is 18.1 Å². The second-order valence-electron chi connectivity index (χ2n) is 4.76. The topological polar surface area (TPSA) is 117 Å². The van der Waals surface area contributed by atoms with Gasteiger partial charge in [-0.25, -0.2) is 4.79 Å². The van der Waals surface area contributed by atoms with Crippen molar-refractivity contribution in [3.8, 4) is 11.5 Å². The van der Waals surface area contributed by atoms with Crippen molar-refractivity contribution >= 4 is 17.6 Å². The van der Waals surface area contributed by atoms with Gasteiger partial charge in [0.2, 0.25) is 6.79 Å². The van der Waals surface area contributed by atoms with Crippen LogP contribution in [-0.4, -0.2) is 36.7 Å². The number of amides is 1. The second kappa shape index (κ2) is 7.43. The zero-order valence-electron chi connectivity index (χ0n) is 12.5. The van der Waals surface area contributed by atoms with E-state index in [2.05, 4.69) is 5.32 Å². The third kappa shape index (κ3) is 4.09. The number of nitrogens with zero attached hydrogens (tertiary/aromatic N) is 1. The minimum atomic E-state index is -0.972. The van der Waals surface area contributed by atoms with Crippen LogP contribution in [0.5, 0.6) is 11.5 Å². The summed E-state index contributed by atoms with van der Waals surface area (Å²) in [4.78, 5) is 33.8. The maximum atomic E-state index is 12.0. The molecule has 0 aromatic heterocycles. The summed E-state index contributed by atoms with van der Waals surface area (Å²) in [5.41, 5.74) is -0.758. The van der Waals surface area contributed by atoms with E-state index < -0.39 is 29.1 Å². The zero-order chi connectivity index (χ0) is 16.8. The van der Waals surface area contributed by atoms with E-state index in [1.165, 1.54) is 6.07 Å². The lowest BCUT2D eigenvalue weighted by molar-refractivity contribution is -0.385. The molecule has 1 aromatic rings. The molecular weight excluding hydrogens is 308 g/mol. The Kier molecular flexibility index (Phi) is 5.34. The lowest BCUT2D eigenvalue weighted by atomic mass is 10.1. The number of rotatable bonds is 7. The van der Waals surface area contributed by atoms with Crippen LogP contribution in [0.1, 0.15) is 30.1 Å². The summed E-state index contributed by atoms with van der Waals surface area (Å²) >= 11 is 0. The van der Waals surface area contributed by atoms with Crippen molar-refractivity contribution in [3.05, 3.63) is 27.8 Å². The lowest BCUT2D eigenvalue weighted by Crippen LogP contribution is -2.29. The number of ether oxygens (including phenoxy) is 3. The maximum absolute atomic E-state index is 12.0. The fourth-order valence-electron chi connectivity index (χ4n) is 1.91. The quantitative estimate of drug-likeness (QED) is 0.348. The molecule has 1 aliphatic heterocycles. The number of hydrogen-bond donors (Lipinski definition) is 1. The van der Waals surface area contributed by atoms with Crippen LogP contribution in [0.25, 0.3) is 0 Å². The van der Waals surface area contributed by atoms with Crippen LogP contribution in [0.2, 0.25) is 0 Å². The van der Waals surface area contributed by atoms with Gasteiger partial charge in [0.1, 0.15) is 5.56 Å². The van der Waals surface area contributed by atoms with E-state index in [0.29, 0.717) is 6.54 Å². The molecule has 1 N–H and O–H groups in total. The third-order valence-corrected chi connectivity index (χ3v) is 3.09. The van der Waals surface area contributed by atoms with Crippen LogP contribution >= 0.6 is 0 Å². The fourth-order valence-corrected chi connectivity index (χ4v) is 1.91. The zero-order valence-corrected chi connectivity index (χ0v) is 12.5. The standard InChI is InChI=1S/C14H16N2O7/c1-2-3-4-15-13(17)7-21-14(18)9-5-11-12(23-8-22-11)6-10(9)16(19)20/h5-6H,2-4,7-8H2,1H3,(H,15,17). The Hall–Kier alpha value is -2.84. The average molecular weight is 324 g/mol. The van der Waals surface area contributed by atoms with Crippen molar-refractivity contribution in [2.24, 2.45) is 0 Å². The Morgan fingerprint density at radius 2 is 2.04 bits per heavy atom. The monoisotopic (exact) mass is 324 g/mol. The van der Waals surface area contributed by atoms with E-state index in [9.17, 15) is 19.7 Å². The van der Waals surface area contributed by atoms with Crippen LogP contribution in [0.3, 0.4) is 0 Å². The van der Waals surface area contributed by atoms with Crippen LogP contribution in [0.15, 0.2) is 12.1 Å². The molecule has 0 saturated heterocycles. The molecule has 124 valence electrons. The molecule has 0 bridgehead atoms. The number of fused-ring (bicyclic) bond motifs is 1. The molecule has 0 atom stereocenters. The highest BCUT2D eigenvalue weighted by Crippen LogP contribution is 2.38. The number of nitro groups is 1. The largest absolute Gasteiger partial charge is 0.454 e. The molecule has 0 aliphatic carbocycles. The number of nitro benzene ring substituents is 1. The summed E-state index contributed by atoms with van der Waals surface area (Å²) < 4.78 is 14.9.